The number of nitrogens with zero attached hydrogens (tertiary/aromatic N) is 1. The summed E-state index contributed by atoms with van der Waals surface area (Å²) in [5, 5.41) is 0.758. The lowest BCUT2D eigenvalue weighted by Crippen LogP contribution is -2.29. The highest BCUT2D eigenvalue weighted by Crippen LogP contribution is 2.25. The molecule has 0 amide bonds. The predicted octanol–water partition coefficient (Wildman–Crippen LogP) is 2.66. The van der Waals surface area contributed by atoms with Crippen molar-refractivity contribution in [2.24, 2.45) is 11.7 Å². The van der Waals surface area contributed by atoms with E-state index < -0.39 is 0 Å². The van der Waals surface area contributed by atoms with Crippen molar-refractivity contribution < 1.29 is 4.74 Å². The second-order valence-corrected chi connectivity index (χ2v) is 5.32. The second kappa shape index (κ2) is 6.41. The Kier molecular flexibility index (Phi) is 4.87. The van der Waals surface area contributed by atoms with E-state index >= 15 is 0 Å². The minimum absolute atomic E-state index is 0.489. The van der Waals surface area contributed by atoms with Gasteiger partial charge in [0.1, 0.15) is 0 Å². The van der Waals surface area contributed by atoms with Gasteiger partial charge in [-0.2, -0.15) is 0 Å². The molecule has 0 aromatic heterocycles. The number of hydrogen-bond acceptors (Lipinski definition) is 3. The third kappa shape index (κ3) is 3.37. The van der Waals surface area contributed by atoms with Crippen LogP contribution in [-0.4, -0.2) is 26.8 Å². The summed E-state index contributed by atoms with van der Waals surface area (Å²) in [4.78, 5) is 2.27. The molecular formula is C14H21ClN2O. The molecule has 1 aliphatic rings. The Morgan fingerprint density at radius 3 is 2.72 bits per heavy atom. The SMILES string of the molecule is CN(CC1CCOCC1)c1ccc(CN)c(Cl)c1. The third-order valence-corrected chi connectivity index (χ3v) is 3.92. The van der Waals surface area contributed by atoms with Crippen LogP contribution in [0.1, 0.15) is 18.4 Å². The van der Waals surface area contributed by atoms with Gasteiger partial charge in [-0.25, -0.2) is 0 Å². The molecule has 3 nitrogen and oxygen atoms in total. The van der Waals surface area contributed by atoms with Gasteiger partial charge in [0.05, 0.1) is 0 Å². The molecule has 0 saturated carbocycles. The molecule has 0 aliphatic carbocycles. The van der Waals surface area contributed by atoms with Crippen LogP contribution in [0.25, 0.3) is 0 Å². The monoisotopic (exact) mass is 268 g/mol. The van der Waals surface area contributed by atoms with E-state index in [1.807, 2.05) is 12.1 Å². The first kappa shape index (κ1) is 13.7. The Hall–Kier alpha value is -0.770. The van der Waals surface area contributed by atoms with Gasteiger partial charge in [-0.1, -0.05) is 17.7 Å². The van der Waals surface area contributed by atoms with Crippen molar-refractivity contribution in [2.45, 2.75) is 19.4 Å². The summed E-state index contributed by atoms with van der Waals surface area (Å²) in [6.07, 6.45) is 2.30. The zero-order valence-electron chi connectivity index (χ0n) is 10.9. The first-order valence-corrected chi connectivity index (χ1v) is 6.86. The normalized spacial score (nSPS) is 16.8. The average Bonchev–Trinajstić information content (AvgIpc) is 2.39. The number of ether oxygens (including phenoxy) is 1. The number of benzene rings is 1. The highest BCUT2D eigenvalue weighted by Gasteiger charge is 2.16. The van der Waals surface area contributed by atoms with Gasteiger partial charge in [0.2, 0.25) is 0 Å². The summed E-state index contributed by atoms with van der Waals surface area (Å²) in [5.74, 6) is 0.719. The highest BCUT2D eigenvalue weighted by atomic mass is 35.5. The Morgan fingerprint density at radius 1 is 1.39 bits per heavy atom. The summed E-state index contributed by atoms with van der Waals surface area (Å²) >= 11 is 6.19. The fourth-order valence-electron chi connectivity index (χ4n) is 2.36. The van der Waals surface area contributed by atoms with E-state index in [1.165, 1.54) is 0 Å². The van der Waals surface area contributed by atoms with Crippen molar-refractivity contribution in [3.63, 3.8) is 0 Å². The van der Waals surface area contributed by atoms with Crippen molar-refractivity contribution in [1.82, 2.24) is 0 Å². The summed E-state index contributed by atoms with van der Waals surface area (Å²) in [7, 11) is 2.11. The second-order valence-electron chi connectivity index (χ2n) is 4.92. The molecule has 1 saturated heterocycles. The molecular weight excluding hydrogens is 248 g/mol. The van der Waals surface area contributed by atoms with Crippen LogP contribution in [0.15, 0.2) is 18.2 Å². The minimum Gasteiger partial charge on any atom is -0.381 e. The molecule has 0 spiro atoms. The minimum atomic E-state index is 0.489. The van der Waals surface area contributed by atoms with Crippen LogP contribution in [0.3, 0.4) is 0 Å². The van der Waals surface area contributed by atoms with E-state index in [2.05, 4.69) is 18.0 Å². The van der Waals surface area contributed by atoms with E-state index in [9.17, 15) is 0 Å². The van der Waals surface area contributed by atoms with Gasteiger partial charge < -0.3 is 15.4 Å². The van der Waals surface area contributed by atoms with Gasteiger partial charge in [0, 0.05) is 44.1 Å². The van der Waals surface area contributed by atoms with E-state index in [0.29, 0.717) is 6.54 Å². The molecule has 1 aromatic rings. The number of anilines is 1. The lowest BCUT2D eigenvalue weighted by molar-refractivity contribution is 0.0685. The predicted molar refractivity (Wildman–Crippen MR) is 76.2 cm³/mol. The quantitative estimate of drug-likeness (QED) is 0.912. The molecule has 18 heavy (non-hydrogen) atoms. The summed E-state index contributed by atoms with van der Waals surface area (Å²) < 4.78 is 5.38. The number of halogens is 1. The van der Waals surface area contributed by atoms with Crippen molar-refractivity contribution in [1.29, 1.82) is 0 Å². The number of nitrogens with two attached hydrogens (primary N) is 1. The largest absolute Gasteiger partial charge is 0.381 e. The Morgan fingerprint density at radius 2 is 2.11 bits per heavy atom. The lowest BCUT2D eigenvalue weighted by Gasteiger charge is -2.28. The van der Waals surface area contributed by atoms with Crippen LogP contribution in [0.4, 0.5) is 5.69 Å². The van der Waals surface area contributed by atoms with E-state index in [1.54, 1.807) is 0 Å². The van der Waals surface area contributed by atoms with Gasteiger partial charge in [-0.15, -0.1) is 0 Å². The molecule has 100 valence electrons. The van der Waals surface area contributed by atoms with E-state index in [-0.39, 0.29) is 0 Å². The maximum absolute atomic E-state index is 6.19. The lowest BCUT2D eigenvalue weighted by atomic mass is 9.99. The standard InChI is InChI=1S/C14H21ClN2O/c1-17(10-11-4-6-18-7-5-11)13-3-2-12(9-16)14(15)8-13/h2-3,8,11H,4-7,9-10,16H2,1H3. The number of hydrogen-bond donors (Lipinski definition) is 1. The third-order valence-electron chi connectivity index (χ3n) is 3.57. The van der Waals surface area contributed by atoms with Crippen LogP contribution in [-0.2, 0) is 11.3 Å². The fraction of sp³-hybridized carbons (Fsp3) is 0.571. The Balaban J connectivity index is 1.99. The van der Waals surface area contributed by atoms with Gasteiger partial charge in [-0.3, -0.25) is 0 Å². The molecule has 2 N–H and O–H groups in total. The van der Waals surface area contributed by atoms with Crippen LogP contribution in [0, 0.1) is 5.92 Å². The molecule has 1 aromatic carbocycles. The van der Waals surface area contributed by atoms with Crippen LogP contribution < -0.4 is 10.6 Å². The molecule has 0 radical (unpaired) electrons. The van der Waals surface area contributed by atoms with Crippen molar-refractivity contribution in [3.8, 4) is 0 Å². The zero-order chi connectivity index (χ0) is 13.0. The molecule has 4 heteroatoms. The average molecular weight is 269 g/mol. The summed E-state index contributed by atoms with van der Waals surface area (Å²) in [6.45, 7) is 3.33. The summed E-state index contributed by atoms with van der Waals surface area (Å²) in [5.41, 5.74) is 7.77. The molecule has 1 heterocycles. The van der Waals surface area contributed by atoms with Crippen molar-refractivity contribution in [2.75, 3.05) is 31.7 Å². The van der Waals surface area contributed by atoms with Gasteiger partial charge >= 0.3 is 0 Å². The van der Waals surface area contributed by atoms with Gasteiger partial charge in [0.25, 0.3) is 0 Å². The topological polar surface area (TPSA) is 38.5 Å². The zero-order valence-corrected chi connectivity index (χ0v) is 11.6. The van der Waals surface area contributed by atoms with Crippen LogP contribution in [0.5, 0.6) is 0 Å². The molecule has 1 fully saturated rings. The fourth-order valence-corrected chi connectivity index (χ4v) is 2.61. The van der Waals surface area contributed by atoms with Crippen molar-refractivity contribution in [3.05, 3.63) is 28.8 Å². The maximum Gasteiger partial charge on any atom is 0.0471 e. The van der Waals surface area contributed by atoms with Crippen LogP contribution in [0.2, 0.25) is 5.02 Å². The maximum atomic E-state index is 6.19. The van der Waals surface area contributed by atoms with Gasteiger partial charge in [0.15, 0.2) is 0 Å². The Labute approximate surface area is 114 Å². The molecule has 0 atom stereocenters. The van der Waals surface area contributed by atoms with Crippen LogP contribution >= 0.6 is 11.6 Å². The molecule has 1 aliphatic heterocycles. The first-order chi connectivity index (χ1) is 8.70. The van der Waals surface area contributed by atoms with E-state index in [4.69, 9.17) is 22.1 Å². The Bertz CT molecular complexity index is 391. The first-order valence-electron chi connectivity index (χ1n) is 6.48. The van der Waals surface area contributed by atoms with E-state index in [0.717, 1.165) is 54.8 Å². The van der Waals surface area contributed by atoms with Crippen molar-refractivity contribution >= 4 is 17.3 Å². The summed E-state index contributed by atoms with van der Waals surface area (Å²) in [6, 6.07) is 6.11. The smallest absolute Gasteiger partial charge is 0.0471 e. The van der Waals surface area contributed by atoms with Gasteiger partial charge in [-0.05, 0) is 36.5 Å². The molecule has 2 rings (SSSR count). The molecule has 0 unspecified atom stereocenters. The number of rotatable bonds is 4. The molecule has 0 bridgehead atoms. The highest BCUT2D eigenvalue weighted by molar-refractivity contribution is 6.31.